The van der Waals surface area contributed by atoms with Crippen molar-refractivity contribution in [2.24, 2.45) is 0 Å². The van der Waals surface area contributed by atoms with Crippen LogP contribution in [0.2, 0.25) is 0 Å². The summed E-state index contributed by atoms with van der Waals surface area (Å²) in [5.41, 5.74) is 0.824. The second kappa shape index (κ2) is 10.3. The molecule has 0 saturated carbocycles. The summed E-state index contributed by atoms with van der Waals surface area (Å²) in [5.74, 6) is 0.0855. The maximum Gasteiger partial charge on any atom is 0.266 e. The molecule has 0 unspecified atom stereocenters. The highest BCUT2D eigenvalue weighted by Gasteiger charge is 2.31. The van der Waals surface area contributed by atoms with Crippen molar-refractivity contribution in [3.8, 4) is 11.5 Å². The average molecular weight is 409 g/mol. The smallest absolute Gasteiger partial charge is 0.266 e. The standard InChI is InChI=1S/C19H23NO5S2/c1-3-25-14-9-8-13(11-15(14)24-2)12-16-18(23)20(19(26)27-16)10-6-4-5-7-17(21)22/h8-9,11-12H,3-7,10H2,1-2H3,(H,21,22)/p-1/b16-12+. The molecule has 0 N–H and O–H groups in total. The van der Waals surface area contributed by atoms with Gasteiger partial charge in [0.15, 0.2) is 11.5 Å². The number of thiocarbonyl (C=S) groups is 1. The fourth-order valence-electron chi connectivity index (χ4n) is 2.61. The molecule has 0 aliphatic carbocycles. The van der Waals surface area contributed by atoms with Gasteiger partial charge in [-0.15, -0.1) is 0 Å². The van der Waals surface area contributed by atoms with Crippen molar-refractivity contribution in [1.29, 1.82) is 0 Å². The number of hydrogen-bond acceptors (Lipinski definition) is 7. The van der Waals surface area contributed by atoms with E-state index < -0.39 is 5.97 Å². The molecule has 1 aromatic rings. The molecule has 0 atom stereocenters. The maximum atomic E-state index is 12.6. The Morgan fingerprint density at radius 2 is 2.07 bits per heavy atom. The lowest BCUT2D eigenvalue weighted by atomic mass is 10.1. The van der Waals surface area contributed by atoms with Gasteiger partial charge in [0.2, 0.25) is 0 Å². The number of aliphatic carboxylic acids is 1. The number of amides is 1. The molecule has 0 radical (unpaired) electrons. The number of nitrogens with zero attached hydrogens (tertiary/aromatic N) is 1. The summed E-state index contributed by atoms with van der Waals surface area (Å²) in [5, 5.41) is 10.4. The molecule has 6 nitrogen and oxygen atoms in total. The number of ether oxygens (including phenoxy) is 2. The van der Waals surface area contributed by atoms with Gasteiger partial charge in [0.05, 0.1) is 18.6 Å². The van der Waals surface area contributed by atoms with Gasteiger partial charge in [-0.3, -0.25) is 9.69 Å². The number of hydrogen-bond donors (Lipinski definition) is 0. The first-order valence-corrected chi connectivity index (χ1v) is 9.94. The molecule has 1 amide bonds. The largest absolute Gasteiger partial charge is 0.550 e. The molecular weight excluding hydrogens is 386 g/mol. The van der Waals surface area contributed by atoms with Crippen LogP contribution in [0.3, 0.4) is 0 Å². The number of methoxy groups -OCH3 is 1. The number of carboxylic acid groups (broad SMARTS) is 1. The molecule has 8 heteroatoms. The fourth-order valence-corrected chi connectivity index (χ4v) is 3.92. The molecule has 0 aromatic heterocycles. The number of carboxylic acids is 1. The van der Waals surface area contributed by atoms with Crippen LogP contribution in [-0.4, -0.2) is 41.4 Å². The minimum atomic E-state index is -1.05. The van der Waals surface area contributed by atoms with Crippen LogP contribution in [0.4, 0.5) is 0 Å². The van der Waals surface area contributed by atoms with Crippen molar-refractivity contribution in [3.05, 3.63) is 28.7 Å². The third-order valence-corrected chi connectivity index (χ3v) is 5.30. The number of rotatable bonds is 10. The molecule has 1 fully saturated rings. The van der Waals surface area contributed by atoms with Crippen LogP contribution >= 0.6 is 24.0 Å². The highest BCUT2D eigenvalue weighted by Crippen LogP contribution is 2.34. The first-order valence-electron chi connectivity index (χ1n) is 8.72. The van der Waals surface area contributed by atoms with Crippen LogP contribution in [0.5, 0.6) is 11.5 Å². The molecule has 1 saturated heterocycles. The van der Waals surface area contributed by atoms with Gasteiger partial charge in [0, 0.05) is 12.5 Å². The molecule has 146 valence electrons. The van der Waals surface area contributed by atoms with E-state index in [0.29, 0.717) is 53.1 Å². The molecule has 2 rings (SSSR count). The SMILES string of the molecule is CCOc1ccc(/C=C2/SC(=S)N(CCCCCC(=O)[O-])C2=O)cc1OC. The average Bonchev–Trinajstić information content (AvgIpc) is 2.89. The van der Waals surface area contributed by atoms with Crippen LogP contribution in [0.15, 0.2) is 23.1 Å². The van der Waals surface area contributed by atoms with Crippen molar-refractivity contribution in [1.82, 2.24) is 4.90 Å². The Balaban J connectivity index is 2.01. The molecule has 0 spiro atoms. The van der Waals surface area contributed by atoms with E-state index in [4.69, 9.17) is 21.7 Å². The minimum absolute atomic E-state index is 0.0396. The number of carbonyl (C=O) groups is 2. The third-order valence-electron chi connectivity index (χ3n) is 3.92. The summed E-state index contributed by atoms with van der Waals surface area (Å²) in [6.45, 7) is 2.93. The Labute approximate surface area is 168 Å². The third kappa shape index (κ3) is 5.97. The Morgan fingerprint density at radius 1 is 1.30 bits per heavy atom. The Kier molecular flexibility index (Phi) is 8.12. The van der Waals surface area contributed by atoms with Crippen LogP contribution in [0.1, 0.15) is 38.2 Å². The van der Waals surface area contributed by atoms with Crippen LogP contribution < -0.4 is 14.6 Å². The zero-order chi connectivity index (χ0) is 19.8. The molecule has 1 heterocycles. The second-order valence-corrected chi connectivity index (χ2v) is 7.54. The number of thioether (sulfide) groups is 1. The van der Waals surface area contributed by atoms with Crippen molar-refractivity contribution < 1.29 is 24.2 Å². The molecule has 0 bridgehead atoms. The van der Waals surface area contributed by atoms with Crippen LogP contribution in [0, 0.1) is 0 Å². The van der Waals surface area contributed by atoms with Crippen molar-refractivity contribution in [2.45, 2.75) is 32.6 Å². The first kappa shape index (κ1) is 21.2. The summed E-state index contributed by atoms with van der Waals surface area (Å²) >= 11 is 6.58. The van der Waals surface area contributed by atoms with E-state index in [9.17, 15) is 14.7 Å². The van der Waals surface area contributed by atoms with E-state index >= 15 is 0 Å². The van der Waals surface area contributed by atoms with E-state index in [2.05, 4.69) is 0 Å². The highest BCUT2D eigenvalue weighted by molar-refractivity contribution is 8.26. The summed E-state index contributed by atoms with van der Waals surface area (Å²) in [6, 6.07) is 5.49. The van der Waals surface area contributed by atoms with Crippen molar-refractivity contribution in [2.75, 3.05) is 20.3 Å². The lowest BCUT2D eigenvalue weighted by Crippen LogP contribution is -2.29. The lowest BCUT2D eigenvalue weighted by molar-refractivity contribution is -0.305. The van der Waals surface area contributed by atoms with Gasteiger partial charge in [-0.05, 0) is 50.0 Å². The van der Waals surface area contributed by atoms with Gasteiger partial charge >= 0.3 is 0 Å². The zero-order valence-electron chi connectivity index (χ0n) is 15.4. The molecule has 1 aliphatic heterocycles. The monoisotopic (exact) mass is 408 g/mol. The molecule has 1 aliphatic rings. The minimum Gasteiger partial charge on any atom is -0.550 e. The van der Waals surface area contributed by atoms with E-state index in [1.165, 1.54) is 11.8 Å². The highest BCUT2D eigenvalue weighted by atomic mass is 32.2. The normalized spacial score (nSPS) is 15.5. The number of unbranched alkanes of at least 4 members (excludes halogenated alkanes) is 2. The van der Waals surface area contributed by atoms with E-state index in [1.807, 2.05) is 25.1 Å². The van der Waals surface area contributed by atoms with Crippen LogP contribution in [-0.2, 0) is 9.59 Å². The predicted molar refractivity (Wildman–Crippen MR) is 108 cm³/mol. The van der Waals surface area contributed by atoms with Gasteiger partial charge in [-0.1, -0.05) is 36.5 Å². The fraction of sp³-hybridized carbons (Fsp3) is 0.421. The van der Waals surface area contributed by atoms with Gasteiger partial charge in [0.1, 0.15) is 4.32 Å². The van der Waals surface area contributed by atoms with E-state index in [1.54, 1.807) is 18.1 Å². The number of benzene rings is 1. The summed E-state index contributed by atoms with van der Waals surface area (Å²) in [7, 11) is 1.57. The number of carbonyl (C=O) groups excluding carboxylic acids is 2. The van der Waals surface area contributed by atoms with Gasteiger partial charge in [0.25, 0.3) is 5.91 Å². The Hall–Kier alpha value is -2.06. The van der Waals surface area contributed by atoms with Crippen molar-refractivity contribution >= 4 is 46.3 Å². The van der Waals surface area contributed by atoms with Gasteiger partial charge in [-0.25, -0.2) is 0 Å². The van der Waals surface area contributed by atoms with Crippen LogP contribution in [0.25, 0.3) is 6.08 Å². The topological polar surface area (TPSA) is 78.9 Å². The molecule has 1 aromatic carbocycles. The lowest BCUT2D eigenvalue weighted by Gasteiger charge is -2.14. The van der Waals surface area contributed by atoms with E-state index in [0.717, 1.165) is 5.56 Å². The maximum absolute atomic E-state index is 12.6. The molecular formula is C19H22NO5S2-. The van der Waals surface area contributed by atoms with Gasteiger partial charge < -0.3 is 19.4 Å². The summed E-state index contributed by atoms with van der Waals surface area (Å²) in [6.07, 6.45) is 3.77. The Bertz CT molecular complexity index is 748. The predicted octanol–water partition coefficient (Wildman–Crippen LogP) is 2.61. The van der Waals surface area contributed by atoms with E-state index in [-0.39, 0.29) is 12.3 Å². The summed E-state index contributed by atoms with van der Waals surface area (Å²) < 4.78 is 11.4. The molecule has 27 heavy (non-hydrogen) atoms. The quantitative estimate of drug-likeness (QED) is 0.334. The Morgan fingerprint density at radius 3 is 2.74 bits per heavy atom. The summed E-state index contributed by atoms with van der Waals surface area (Å²) in [4.78, 5) is 25.1. The second-order valence-electron chi connectivity index (χ2n) is 5.86. The van der Waals surface area contributed by atoms with Crippen molar-refractivity contribution in [3.63, 3.8) is 0 Å². The van der Waals surface area contributed by atoms with Gasteiger partial charge in [-0.2, -0.15) is 0 Å². The zero-order valence-corrected chi connectivity index (χ0v) is 17.0. The first-order chi connectivity index (χ1) is 13.0.